The van der Waals surface area contributed by atoms with Crippen molar-refractivity contribution in [1.82, 2.24) is 4.72 Å². The van der Waals surface area contributed by atoms with Gasteiger partial charge in [0.25, 0.3) is 5.91 Å². The molecule has 0 aliphatic carbocycles. The number of amides is 1. The van der Waals surface area contributed by atoms with Crippen molar-refractivity contribution in [3.63, 3.8) is 0 Å². The number of rotatable bonds is 8. The lowest BCUT2D eigenvalue weighted by Crippen LogP contribution is -2.25. The molecule has 0 aromatic heterocycles. The minimum atomic E-state index is -3.76. The molecular weight excluding hydrogens is 364 g/mol. The van der Waals surface area contributed by atoms with Crippen LogP contribution in [0.5, 0.6) is 5.75 Å². The van der Waals surface area contributed by atoms with Crippen LogP contribution in [0.4, 0.5) is 5.69 Å². The fraction of sp³-hybridized carbons (Fsp3) is 0.350. The first-order valence-electron chi connectivity index (χ1n) is 8.87. The Hall–Kier alpha value is -2.38. The van der Waals surface area contributed by atoms with Gasteiger partial charge >= 0.3 is 0 Å². The first-order chi connectivity index (χ1) is 12.8. The van der Waals surface area contributed by atoms with Gasteiger partial charge in [-0.3, -0.25) is 4.79 Å². The zero-order valence-corrected chi connectivity index (χ0v) is 16.9. The topological polar surface area (TPSA) is 84.5 Å². The van der Waals surface area contributed by atoms with Crippen LogP contribution in [-0.4, -0.2) is 28.0 Å². The molecule has 6 nitrogen and oxygen atoms in total. The van der Waals surface area contributed by atoms with E-state index in [4.69, 9.17) is 4.74 Å². The largest absolute Gasteiger partial charge is 0.495 e. The third-order valence-electron chi connectivity index (χ3n) is 4.09. The van der Waals surface area contributed by atoms with Crippen LogP contribution >= 0.6 is 0 Å². The highest BCUT2D eigenvalue weighted by molar-refractivity contribution is 7.89. The Labute approximate surface area is 161 Å². The van der Waals surface area contributed by atoms with Crippen LogP contribution in [0.2, 0.25) is 0 Å². The molecule has 0 atom stereocenters. The second kappa shape index (κ2) is 9.01. The molecule has 2 aromatic rings. The summed E-state index contributed by atoms with van der Waals surface area (Å²) in [6, 6.07) is 11.9. The highest BCUT2D eigenvalue weighted by Gasteiger charge is 2.21. The summed E-state index contributed by atoms with van der Waals surface area (Å²) in [6.45, 7) is 6.37. The molecule has 0 spiro atoms. The van der Waals surface area contributed by atoms with Crippen LogP contribution in [0.25, 0.3) is 0 Å². The summed E-state index contributed by atoms with van der Waals surface area (Å²) in [5.74, 6) is 0.207. The summed E-state index contributed by atoms with van der Waals surface area (Å²) in [6.07, 6.45) is 0.661. The number of nitrogens with one attached hydrogen (secondary N) is 2. The van der Waals surface area contributed by atoms with E-state index in [0.29, 0.717) is 24.6 Å². The van der Waals surface area contributed by atoms with Crippen molar-refractivity contribution in [3.05, 3.63) is 53.6 Å². The van der Waals surface area contributed by atoms with Crippen LogP contribution < -0.4 is 14.8 Å². The molecule has 7 heteroatoms. The number of carbonyl (C=O) groups excluding carboxylic acids is 1. The van der Waals surface area contributed by atoms with Crippen molar-refractivity contribution in [1.29, 1.82) is 0 Å². The van der Waals surface area contributed by atoms with Gasteiger partial charge in [0, 0.05) is 17.8 Å². The van der Waals surface area contributed by atoms with Crippen LogP contribution in [-0.2, 0) is 10.0 Å². The molecule has 0 fully saturated rings. The SMILES string of the molecule is CCCNS(=O)(=O)c1cc(C(=O)Nc2ccc(C(C)C)cc2)ccc1OC. The van der Waals surface area contributed by atoms with Crippen molar-refractivity contribution in [3.8, 4) is 5.75 Å². The lowest BCUT2D eigenvalue weighted by Gasteiger charge is -2.13. The van der Waals surface area contributed by atoms with Gasteiger partial charge < -0.3 is 10.1 Å². The maximum atomic E-state index is 12.6. The number of anilines is 1. The Morgan fingerprint density at radius 2 is 1.78 bits per heavy atom. The molecule has 0 unspecified atom stereocenters. The van der Waals surface area contributed by atoms with E-state index in [1.165, 1.54) is 30.9 Å². The third kappa shape index (κ3) is 5.30. The number of carbonyl (C=O) groups is 1. The molecule has 1 amide bonds. The number of hydrogen-bond acceptors (Lipinski definition) is 4. The van der Waals surface area contributed by atoms with Crippen LogP contribution in [0.1, 0.15) is 49.0 Å². The lowest BCUT2D eigenvalue weighted by molar-refractivity contribution is 0.102. The van der Waals surface area contributed by atoms with Gasteiger partial charge in [0.15, 0.2) is 0 Å². The molecule has 0 radical (unpaired) electrons. The molecular formula is C20H26N2O4S. The van der Waals surface area contributed by atoms with Gasteiger partial charge in [-0.2, -0.15) is 0 Å². The van der Waals surface area contributed by atoms with Crippen molar-refractivity contribution < 1.29 is 17.9 Å². The van der Waals surface area contributed by atoms with E-state index in [2.05, 4.69) is 23.9 Å². The Morgan fingerprint density at radius 1 is 1.11 bits per heavy atom. The maximum absolute atomic E-state index is 12.6. The van der Waals surface area contributed by atoms with E-state index in [9.17, 15) is 13.2 Å². The molecule has 146 valence electrons. The second-order valence-corrected chi connectivity index (χ2v) is 8.23. The van der Waals surface area contributed by atoms with Gasteiger partial charge in [-0.05, 0) is 48.2 Å². The number of ether oxygens (including phenoxy) is 1. The van der Waals surface area contributed by atoms with Crippen LogP contribution in [0.15, 0.2) is 47.4 Å². The standard InChI is InChI=1S/C20H26N2O4S/c1-5-12-21-27(24,25)19-13-16(8-11-18(19)26-4)20(23)22-17-9-6-15(7-10-17)14(2)3/h6-11,13-14,21H,5,12H2,1-4H3,(H,22,23). The Morgan fingerprint density at radius 3 is 2.33 bits per heavy atom. The molecule has 2 rings (SSSR count). The van der Waals surface area contributed by atoms with E-state index >= 15 is 0 Å². The monoisotopic (exact) mass is 390 g/mol. The zero-order valence-electron chi connectivity index (χ0n) is 16.1. The second-order valence-electron chi connectivity index (χ2n) is 6.49. The Kier molecular flexibility index (Phi) is 6.98. The van der Waals surface area contributed by atoms with Crippen LogP contribution in [0, 0.1) is 0 Å². The average molecular weight is 391 g/mol. The number of methoxy groups -OCH3 is 1. The van der Waals surface area contributed by atoms with Crippen molar-refractivity contribution in [2.24, 2.45) is 0 Å². The van der Waals surface area contributed by atoms with Crippen LogP contribution in [0.3, 0.4) is 0 Å². The van der Waals surface area contributed by atoms with Gasteiger partial charge in [-0.1, -0.05) is 32.9 Å². The molecule has 2 N–H and O–H groups in total. The maximum Gasteiger partial charge on any atom is 0.255 e. The molecule has 2 aromatic carbocycles. The summed E-state index contributed by atoms with van der Waals surface area (Å²) < 4.78 is 32.6. The Balaban J connectivity index is 2.27. The highest BCUT2D eigenvalue weighted by atomic mass is 32.2. The van der Waals surface area contributed by atoms with Crippen molar-refractivity contribution >= 4 is 21.6 Å². The fourth-order valence-corrected chi connectivity index (χ4v) is 3.82. The lowest BCUT2D eigenvalue weighted by atomic mass is 10.0. The summed E-state index contributed by atoms with van der Waals surface area (Å²) >= 11 is 0. The number of hydrogen-bond donors (Lipinski definition) is 2. The average Bonchev–Trinajstić information content (AvgIpc) is 2.66. The molecule has 0 aliphatic rings. The number of benzene rings is 2. The van der Waals surface area contributed by atoms with Gasteiger partial charge in [-0.15, -0.1) is 0 Å². The predicted octanol–water partition coefficient (Wildman–Crippen LogP) is 3.76. The summed E-state index contributed by atoms with van der Waals surface area (Å²) in [5.41, 5.74) is 2.06. The molecule has 27 heavy (non-hydrogen) atoms. The van der Waals surface area contributed by atoms with Gasteiger partial charge in [0.2, 0.25) is 10.0 Å². The Bertz CT molecular complexity index is 891. The smallest absolute Gasteiger partial charge is 0.255 e. The van der Waals surface area contributed by atoms with E-state index in [-0.39, 0.29) is 22.1 Å². The highest BCUT2D eigenvalue weighted by Crippen LogP contribution is 2.25. The first kappa shape index (κ1) is 20.9. The summed E-state index contributed by atoms with van der Waals surface area (Å²) in [5, 5.41) is 2.79. The molecule has 0 heterocycles. The van der Waals surface area contributed by atoms with E-state index in [1.54, 1.807) is 0 Å². The zero-order chi connectivity index (χ0) is 20.0. The predicted molar refractivity (Wildman–Crippen MR) is 107 cm³/mol. The first-order valence-corrected chi connectivity index (χ1v) is 10.4. The number of sulfonamides is 1. The molecule has 0 bridgehead atoms. The summed E-state index contributed by atoms with van der Waals surface area (Å²) in [7, 11) is -2.37. The molecule has 0 aliphatic heterocycles. The minimum absolute atomic E-state index is 0.0544. The van der Waals surface area contributed by atoms with E-state index in [1.807, 2.05) is 31.2 Å². The quantitative estimate of drug-likeness (QED) is 0.719. The van der Waals surface area contributed by atoms with Gasteiger partial charge in [-0.25, -0.2) is 13.1 Å². The summed E-state index contributed by atoms with van der Waals surface area (Å²) in [4.78, 5) is 12.5. The van der Waals surface area contributed by atoms with Gasteiger partial charge in [0.1, 0.15) is 10.6 Å². The molecule has 0 saturated carbocycles. The van der Waals surface area contributed by atoms with E-state index in [0.717, 1.165) is 0 Å². The van der Waals surface area contributed by atoms with Gasteiger partial charge in [0.05, 0.1) is 7.11 Å². The van der Waals surface area contributed by atoms with Crippen molar-refractivity contribution in [2.75, 3.05) is 19.0 Å². The van der Waals surface area contributed by atoms with Crippen molar-refractivity contribution in [2.45, 2.75) is 38.0 Å². The molecule has 0 saturated heterocycles. The third-order valence-corrected chi connectivity index (χ3v) is 5.57. The minimum Gasteiger partial charge on any atom is -0.495 e. The fourth-order valence-electron chi connectivity index (χ4n) is 2.50. The normalized spacial score (nSPS) is 11.4. The van der Waals surface area contributed by atoms with E-state index < -0.39 is 10.0 Å².